The minimum absolute atomic E-state index is 0.0793. The third kappa shape index (κ3) is 0.760. The van der Waals surface area contributed by atoms with Crippen LogP contribution in [0.5, 0.6) is 0 Å². The zero-order valence-electron chi connectivity index (χ0n) is 8.26. The second-order valence-corrected chi connectivity index (χ2v) is 1.99. The molecule has 0 radical (unpaired) electrons. The molecule has 0 bridgehead atoms. The van der Waals surface area contributed by atoms with Gasteiger partial charge in [-0.25, -0.2) is 0 Å². The van der Waals surface area contributed by atoms with Crippen LogP contribution in [0.2, 0.25) is 0 Å². The lowest BCUT2D eigenvalue weighted by Crippen LogP contribution is -1.73. The number of fused-ring (bicyclic) bond motifs is 1. The Balaban J connectivity index is 2.94. The van der Waals surface area contributed by atoms with Gasteiger partial charge in [0, 0.05) is 11.6 Å². The van der Waals surface area contributed by atoms with Gasteiger partial charge in [0.05, 0.1) is 9.63 Å². The van der Waals surface area contributed by atoms with Crippen LogP contribution in [0, 0.1) is 0 Å². The molecule has 10 heavy (non-hydrogen) atoms. The van der Waals surface area contributed by atoms with Crippen LogP contribution in [0.3, 0.4) is 0 Å². The number of aromatic nitrogens is 1. The van der Waals surface area contributed by atoms with E-state index in [0.717, 1.165) is 0 Å². The molecule has 0 fully saturated rings. The molecule has 0 amide bonds. The molecular weight excluding hydrogens is 122 g/mol. The van der Waals surface area contributed by atoms with Gasteiger partial charge in [-0.05, 0) is 12.1 Å². The average Bonchev–Trinajstić information content (AvgIpc) is 2.15. The zero-order chi connectivity index (χ0) is 9.42. The molecule has 2 aromatic rings. The van der Waals surface area contributed by atoms with Crippen LogP contribution in [0.15, 0.2) is 42.5 Å². The van der Waals surface area contributed by atoms with E-state index in [-0.39, 0.29) is 18.3 Å². The molecular formula is C9H7N. The first-order valence-corrected chi connectivity index (χ1v) is 3.02. The molecule has 0 atom stereocenters. The fourth-order valence-corrected chi connectivity index (χ4v) is 0.860. The highest BCUT2D eigenvalue weighted by molar-refractivity contribution is 5.77. The van der Waals surface area contributed by atoms with Crippen molar-refractivity contribution in [3.63, 3.8) is 0 Å². The third-order valence-corrected chi connectivity index (χ3v) is 1.33. The van der Waals surface area contributed by atoms with E-state index in [0.29, 0.717) is 10.9 Å². The second-order valence-electron chi connectivity index (χ2n) is 1.99. The lowest BCUT2D eigenvalue weighted by molar-refractivity contribution is 1.41. The van der Waals surface area contributed by atoms with Gasteiger partial charge in [0.1, 0.15) is 0 Å². The molecule has 1 nitrogen and oxygen atoms in total. The Hall–Kier alpha value is -1.37. The number of para-hydroxylation sites is 1. The standard InChI is InChI=1S/C9H7N/c1-2-6-9-8(4-1)5-3-7-10-9/h1-7H/i3D,5D,7D. The van der Waals surface area contributed by atoms with Crippen molar-refractivity contribution in [2.75, 3.05) is 0 Å². The maximum absolute atomic E-state index is 7.58. The summed E-state index contributed by atoms with van der Waals surface area (Å²) in [5.74, 6) is 0. The summed E-state index contributed by atoms with van der Waals surface area (Å²) in [5, 5.41) is 0.628. The first kappa shape index (κ1) is 3.15. The van der Waals surface area contributed by atoms with Crippen LogP contribution in [0.1, 0.15) is 4.11 Å². The van der Waals surface area contributed by atoms with E-state index in [1.54, 1.807) is 24.3 Å². The van der Waals surface area contributed by atoms with Crippen molar-refractivity contribution in [2.24, 2.45) is 0 Å². The van der Waals surface area contributed by atoms with E-state index in [1.807, 2.05) is 0 Å². The molecule has 0 aliphatic rings. The minimum atomic E-state index is -0.135. The molecule has 1 aromatic heterocycles. The van der Waals surface area contributed by atoms with Gasteiger partial charge in [-0.2, -0.15) is 0 Å². The highest BCUT2D eigenvalue weighted by atomic mass is 14.6. The van der Waals surface area contributed by atoms with E-state index in [2.05, 4.69) is 4.98 Å². The summed E-state index contributed by atoms with van der Waals surface area (Å²) < 4.78 is 22.3. The SMILES string of the molecule is [2H]c1nc2ccccc2c([2H])c1[2H]. The molecule has 0 saturated heterocycles. The zero-order valence-corrected chi connectivity index (χ0v) is 5.26. The van der Waals surface area contributed by atoms with E-state index in [9.17, 15) is 0 Å². The monoisotopic (exact) mass is 132 g/mol. The smallest absolute Gasteiger partial charge is 0.0840 e. The van der Waals surface area contributed by atoms with Gasteiger partial charge in [0.25, 0.3) is 0 Å². The number of hydrogen-bond acceptors (Lipinski definition) is 1. The van der Waals surface area contributed by atoms with Crippen molar-refractivity contribution in [2.45, 2.75) is 0 Å². The first-order chi connectivity index (χ1) is 6.20. The fourth-order valence-electron chi connectivity index (χ4n) is 0.860. The van der Waals surface area contributed by atoms with Gasteiger partial charge in [0.15, 0.2) is 0 Å². The molecule has 1 heteroatoms. The lowest BCUT2D eigenvalue weighted by atomic mass is 10.2. The Morgan fingerprint density at radius 2 is 2.20 bits per heavy atom. The summed E-state index contributed by atoms with van der Waals surface area (Å²) in [6.07, 6.45) is -0.135. The average molecular weight is 132 g/mol. The molecule has 1 heterocycles. The number of nitrogens with zero attached hydrogens (tertiary/aromatic N) is 1. The van der Waals surface area contributed by atoms with E-state index >= 15 is 0 Å². The van der Waals surface area contributed by atoms with Crippen LogP contribution in [-0.4, -0.2) is 4.98 Å². The van der Waals surface area contributed by atoms with Gasteiger partial charge in [-0.1, -0.05) is 24.2 Å². The maximum atomic E-state index is 7.58. The summed E-state index contributed by atoms with van der Waals surface area (Å²) >= 11 is 0. The fraction of sp³-hybridized carbons (Fsp3) is 0. The van der Waals surface area contributed by atoms with Gasteiger partial charge in [-0.15, -0.1) is 0 Å². The molecule has 2 rings (SSSR count). The van der Waals surface area contributed by atoms with Crippen LogP contribution >= 0.6 is 0 Å². The Labute approximate surface area is 63.5 Å². The van der Waals surface area contributed by atoms with Gasteiger partial charge >= 0.3 is 0 Å². The predicted octanol–water partition coefficient (Wildman–Crippen LogP) is 2.23. The van der Waals surface area contributed by atoms with E-state index in [4.69, 9.17) is 4.11 Å². The highest BCUT2D eigenvalue weighted by Gasteiger charge is 1.86. The first-order valence-electron chi connectivity index (χ1n) is 4.52. The largest absolute Gasteiger partial charge is 0.256 e. The number of benzene rings is 1. The summed E-state index contributed by atoms with van der Waals surface area (Å²) in [7, 11) is 0. The molecule has 0 aliphatic carbocycles. The molecule has 0 N–H and O–H groups in total. The van der Waals surface area contributed by atoms with Crippen molar-refractivity contribution >= 4 is 10.9 Å². The van der Waals surface area contributed by atoms with Crippen LogP contribution in [-0.2, 0) is 0 Å². The topological polar surface area (TPSA) is 12.9 Å². The highest BCUT2D eigenvalue weighted by Crippen LogP contribution is 2.07. The number of rotatable bonds is 0. The second kappa shape index (κ2) is 2.10. The molecule has 48 valence electrons. The Kier molecular flexibility index (Phi) is 0.662. The van der Waals surface area contributed by atoms with Crippen molar-refractivity contribution < 1.29 is 4.11 Å². The van der Waals surface area contributed by atoms with Gasteiger partial charge in [-0.3, -0.25) is 4.98 Å². The van der Waals surface area contributed by atoms with Crippen LogP contribution < -0.4 is 0 Å². The normalized spacial score (nSPS) is 14.2. The Bertz CT molecular complexity index is 468. The molecule has 0 unspecified atom stereocenters. The van der Waals surface area contributed by atoms with Gasteiger partial charge < -0.3 is 0 Å². The lowest BCUT2D eigenvalue weighted by Gasteiger charge is -1.91. The van der Waals surface area contributed by atoms with Crippen molar-refractivity contribution in [1.82, 2.24) is 4.98 Å². The minimum Gasteiger partial charge on any atom is -0.256 e. The van der Waals surface area contributed by atoms with Gasteiger partial charge in [0.2, 0.25) is 0 Å². The number of hydrogen-bond donors (Lipinski definition) is 0. The predicted molar refractivity (Wildman–Crippen MR) is 41.7 cm³/mol. The van der Waals surface area contributed by atoms with Crippen LogP contribution in [0.25, 0.3) is 10.9 Å². The molecule has 0 spiro atoms. The molecule has 0 aliphatic heterocycles. The summed E-state index contributed by atoms with van der Waals surface area (Å²) in [6, 6.07) is 7.05. The van der Waals surface area contributed by atoms with Crippen molar-refractivity contribution in [3.8, 4) is 0 Å². The van der Waals surface area contributed by atoms with Crippen LogP contribution in [0.4, 0.5) is 0 Å². The number of pyridine rings is 1. The Morgan fingerprint density at radius 3 is 3.20 bits per heavy atom. The summed E-state index contributed by atoms with van der Waals surface area (Å²) in [6.45, 7) is 0. The maximum Gasteiger partial charge on any atom is 0.0840 e. The van der Waals surface area contributed by atoms with E-state index in [1.165, 1.54) is 0 Å². The summed E-state index contributed by atoms with van der Waals surface area (Å²) in [4.78, 5) is 3.90. The van der Waals surface area contributed by atoms with E-state index < -0.39 is 0 Å². The summed E-state index contributed by atoms with van der Waals surface area (Å²) in [5.41, 5.74) is 0.605. The molecule has 0 saturated carbocycles. The van der Waals surface area contributed by atoms with Crippen molar-refractivity contribution in [3.05, 3.63) is 42.5 Å². The third-order valence-electron chi connectivity index (χ3n) is 1.33. The van der Waals surface area contributed by atoms with Crippen molar-refractivity contribution in [1.29, 1.82) is 0 Å². The quantitative estimate of drug-likeness (QED) is 0.535. The molecule has 1 aromatic carbocycles. The Morgan fingerprint density at radius 1 is 1.30 bits per heavy atom.